The lowest BCUT2D eigenvalue weighted by Crippen LogP contribution is -2.43. The zero-order chi connectivity index (χ0) is 21.1. The molecule has 0 spiro atoms. The minimum absolute atomic E-state index is 0.0394. The Labute approximate surface area is 176 Å². The lowest BCUT2D eigenvalue weighted by Gasteiger charge is -2.29. The molecule has 2 aromatic carbocycles. The Hall–Kier alpha value is -3.06. The van der Waals surface area contributed by atoms with Gasteiger partial charge in [0.15, 0.2) is 0 Å². The fourth-order valence-electron chi connectivity index (χ4n) is 3.92. The molecule has 0 unspecified atom stereocenters. The highest BCUT2D eigenvalue weighted by atomic mass is 16.3. The average Bonchev–Trinajstić information content (AvgIpc) is 3.18. The van der Waals surface area contributed by atoms with Crippen molar-refractivity contribution in [1.82, 2.24) is 15.5 Å². The standard InChI is InChI=1S/C23H29N5O2/c1-3-4-5-20-18-14-19(22(29)15-21(18)26-25-20)23(30)27(2)16-6-8-17(9-7-16)28-12-10-24-11-13-28/h6-9,14-15,24,29H,3-5,10-13H2,1-2H3,(H,25,26). The van der Waals surface area contributed by atoms with Crippen molar-refractivity contribution in [3.05, 3.63) is 47.7 Å². The molecule has 2 heterocycles. The van der Waals surface area contributed by atoms with Gasteiger partial charge >= 0.3 is 0 Å². The lowest BCUT2D eigenvalue weighted by molar-refractivity contribution is 0.0990. The number of nitrogens with zero attached hydrogens (tertiary/aromatic N) is 3. The zero-order valence-electron chi connectivity index (χ0n) is 17.6. The normalized spacial score (nSPS) is 14.3. The van der Waals surface area contributed by atoms with Crippen molar-refractivity contribution in [1.29, 1.82) is 0 Å². The molecule has 30 heavy (non-hydrogen) atoms. The van der Waals surface area contributed by atoms with Crippen LogP contribution in [0.2, 0.25) is 0 Å². The molecule has 0 saturated carbocycles. The summed E-state index contributed by atoms with van der Waals surface area (Å²) in [5.41, 5.74) is 3.92. The fraction of sp³-hybridized carbons (Fsp3) is 0.391. The van der Waals surface area contributed by atoms with Crippen LogP contribution in [-0.2, 0) is 6.42 Å². The van der Waals surface area contributed by atoms with Crippen molar-refractivity contribution in [2.75, 3.05) is 43.0 Å². The highest BCUT2D eigenvalue weighted by Crippen LogP contribution is 2.29. The van der Waals surface area contributed by atoms with Gasteiger partial charge in [-0.2, -0.15) is 5.10 Å². The second-order valence-corrected chi connectivity index (χ2v) is 7.81. The molecule has 7 nitrogen and oxygen atoms in total. The van der Waals surface area contributed by atoms with Gasteiger partial charge in [0.05, 0.1) is 16.8 Å². The molecule has 1 aliphatic rings. The van der Waals surface area contributed by atoms with E-state index in [-0.39, 0.29) is 17.2 Å². The van der Waals surface area contributed by atoms with E-state index in [1.54, 1.807) is 24.1 Å². The summed E-state index contributed by atoms with van der Waals surface area (Å²) in [5, 5.41) is 22.0. The first-order valence-corrected chi connectivity index (χ1v) is 10.6. The molecule has 158 valence electrons. The predicted octanol–water partition coefficient (Wildman–Crippen LogP) is 3.30. The Balaban J connectivity index is 1.57. The number of benzene rings is 2. The van der Waals surface area contributed by atoms with Crippen LogP contribution in [0.15, 0.2) is 36.4 Å². The van der Waals surface area contributed by atoms with E-state index in [1.165, 1.54) is 0 Å². The van der Waals surface area contributed by atoms with Gasteiger partial charge in [0.1, 0.15) is 5.75 Å². The molecule has 1 aromatic heterocycles. The molecule has 0 bridgehead atoms. The third kappa shape index (κ3) is 3.98. The van der Waals surface area contributed by atoms with Gasteiger partial charge in [-0.25, -0.2) is 0 Å². The summed E-state index contributed by atoms with van der Waals surface area (Å²) in [4.78, 5) is 17.1. The number of carbonyl (C=O) groups excluding carboxylic acids is 1. The maximum atomic E-state index is 13.2. The average molecular weight is 408 g/mol. The number of amides is 1. The molecule has 1 amide bonds. The number of phenols is 1. The van der Waals surface area contributed by atoms with E-state index in [9.17, 15) is 9.90 Å². The third-order valence-electron chi connectivity index (χ3n) is 5.78. The van der Waals surface area contributed by atoms with Crippen LogP contribution in [0.25, 0.3) is 10.9 Å². The van der Waals surface area contributed by atoms with Crippen LogP contribution in [0.1, 0.15) is 35.8 Å². The Morgan fingerprint density at radius 2 is 1.93 bits per heavy atom. The number of phenolic OH excluding ortho intramolecular Hbond substituents is 1. The van der Waals surface area contributed by atoms with Crippen LogP contribution in [0.4, 0.5) is 11.4 Å². The van der Waals surface area contributed by atoms with Crippen LogP contribution >= 0.6 is 0 Å². The summed E-state index contributed by atoms with van der Waals surface area (Å²) in [6.07, 6.45) is 2.95. The molecular weight excluding hydrogens is 378 g/mol. The van der Waals surface area contributed by atoms with E-state index in [4.69, 9.17) is 0 Å². The van der Waals surface area contributed by atoms with E-state index in [0.717, 1.165) is 73.4 Å². The van der Waals surface area contributed by atoms with Crippen LogP contribution in [0.5, 0.6) is 5.75 Å². The largest absolute Gasteiger partial charge is 0.507 e. The van der Waals surface area contributed by atoms with E-state index >= 15 is 0 Å². The number of anilines is 2. The van der Waals surface area contributed by atoms with E-state index < -0.39 is 0 Å². The molecule has 0 atom stereocenters. The Morgan fingerprint density at radius 3 is 2.63 bits per heavy atom. The van der Waals surface area contributed by atoms with Crippen molar-refractivity contribution in [3.63, 3.8) is 0 Å². The molecule has 0 radical (unpaired) electrons. The predicted molar refractivity (Wildman–Crippen MR) is 121 cm³/mol. The first-order valence-electron chi connectivity index (χ1n) is 10.6. The quantitative estimate of drug-likeness (QED) is 0.584. The summed E-state index contributed by atoms with van der Waals surface area (Å²) in [6, 6.07) is 11.4. The van der Waals surface area contributed by atoms with E-state index in [2.05, 4.69) is 27.3 Å². The number of piperazine rings is 1. The van der Waals surface area contributed by atoms with Crippen molar-refractivity contribution in [3.8, 4) is 5.75 Å². The number of carbonyl (C=O) groups is 1. The lowest BCUT2D eigenvalue weighted by atomic mass is 10.1. The summed E-state index contributed by atoms with van der Waals surface area (Å²) in [7, 11) is 1.74. The topological polar surface area (TPSA) is 84.5 Å². The number of aromatic amines is 1. The molecule has 3 N–H and O–H groups in total. The van der Waals surface area contributed by atoms with Gasteiger partial charge in [-0.15, -0.1) is 0 Å². The number of rotatable bonds is 6. The molecule has 1 saturated heterocycles. The van der Waals surface area contributed by atoms with Crippen molar-refractivity contribution in [2.45, 2.75) is 26.2 Å². The molecule has 3 aromatic rings. The first-order chi connectivity index (χ1) is 14.6. The SMILES string of the molecule is CCCCc1n[nH]c2cc(O)c(C(=O)N(C)c3ccc(N4CCNCC4)cc3)cc12. The summed E-state index contributed by atoms with van der Waals surface area (Å²) in [6.45, 7) is 6.06. The second kappa shape index (κ2) is 8.75. The monoisotopic (exact) mass is 407 g/mol. The van der Waals surface area contributed by atoms with Crippen LogP contribution in [0.3, 0.4) is 0 Å². The van der Waals surface area contributed by atoms with Gasteiger partial charge in [-0.1, -0.05) is 13.3 Å². The molecule has 1 fully saturated rings. The highest BCUT2D eigenvalue weighted by Gasteiger charge is 2.20. The van der Waals surface area contributed by atoms with Crippen molar-refractivity contribution >= 4 is 28.2 Å². The van der Waals surface area contributed by atoms with Gasteiger partial charge in [-0.05, 0) is 43.2 Å². The van der Waals surface area contributed by atoms with E-state index in [1.807, 2.05) is 24.3 Å². The Bertz CT molecular complexity index is 1020. The number of hydrogen-bond donors (Lipinski definition) is 3. The van der Waals surface area contributed by atoms with Gasteiger partial charge in [0.2, 0.25) is 0 Å². The zero-order valence-corrected chi connectivity index (χ0v) is 17.6. The maximum absolute atomic E-state index is 13.2. The highest BCUT2D eigenvalue weighted by molar-refractivity contribution is 6.09. The molecule has 0 aliphatic carbocycles. The molecule has 4 rings (SSSR count). The number of hydrogen-bond acceptors (Lipinski definition) is 5. The first kappa shape index (κ1) is 20.2. The molecule has 1 aliphatic heterocycles. The van der Waals surface area contributed by atoms with Crippen LogP contribution in [0, 0.1) is 0 Å². The van der Waals surface area contributed by atoms with Crippen LogP contribution < -0.4 is 15.1 Å². The summed E-state index contributed by atoms with van der Waals surface area (Å²) < 4.78 is 0. The van der Waals surface area contributed by atoms with Gasteiger partial charge in [0, 0.05) is 56.1 Å². The second-order valence-electron chi connectivity index (χ2n) is 7.81. The number of aromatic hydroxyl groups is 1. The smallest absolute Gasteiger partial charge is 0.261 e. The summed E-state index contributed by atoms with van der Waals surface area (Å²) >= 11 is 0. The Kier molecular flexibility index (Phi) is 5.90. The van der Waals surface area contributed by atoms with Crippen LogP contribution in [-0.4, -0.2) is 54.4 Å². The third-order valence-corrected chi connectivity index (χ3v) is 5.78. The molecule has 7 heteroatoms. The van der Waals surface area contributed by atoms with E-state index in [0.29, 0.717) is 0 Å². The number of unbranched alkanes of at least 4 members (excludes halogenated alkanes) is 1. The van der Waals surface area contributed by atoms with Crippen molar-refractivity contribution in [2.24, 2.45) is 0 Å². The van der Waals surface area contributed by atoms with Gasteiger partial charge in [-0.3, -0.25) is 9.89 Å². The number of aryl methyl sites for hydroxylation is 1. The minimum atomic E-state index is -0.244. The van der Waals surface area contributed by atoms with Crippen molar-refractivity contribution < 1.29 is 9.90 Å². The van der Waals surface area contributed by atoms with Gasteiger partial charge in [0.25, 0.3) is 5.91 Å². The number of fused-ring (bicyclic) bond motifs is 1. The summed E-state index contributed by atoms with van der Waals surface area (Å²) in [5.74, 6) is -0.283. The fourth-order valence-corrected chi connectivity index (χ4v) is 3.92. The number of aromatic nitrogens is 2. The Morgan fingerprint density at radius 1 is 1.20 bits per heavy atom. The minimum Gasteiger partial charge on any atom is -0.507 e. The maximum Gasteiger partial charge on any atom is 0.261 e. The number of nitrogens with one attached hydrogen (secondary N) is 2. The number of H-pyrrole nitrogens is 1. The van der Waals surface area contributed by atoms with Gasteiger partial charge < -0.3 is 20.2 Å². The molecular formula is C23H29N5O2.